The number of nitrogens with one attached hydrogen (secondary N) is 1. The van der Waals surface area contributed by atoms with Crippen LogP contribution in [-0.2, 0) is 0 Å². The van der Waals surface area contributed by atoms with Crippen LogP contribution < -0.4 is 10.3 Å². The molecular weight excluding hydrogens is 404 g/mol. The van der Waals surface area contributed by atoms with Crippen molar-refractivity contribution in [2.75, 3.05) is 0 Å². The van der Waals surface area contributed by atoms with E-state index < -0.39 is 7.25 Å². The Bertz CT molecular complexity index is 1010. The van der Waals surface area contributed by atoms with Crippen molar-refractivity contribution in [3.63, 3.8) is 0 Å². The van der Waals surface area contributed by atoms with Gasteiger partial charge in [0.05, 0.1) is 11.5 Å². The molecule has 0 spiro atoms. The quantitative estimate of drug-likeness (QED) is 0.434. The SMILES string of the molecule is Clc1ccc2oc(-c3ccccc3)cc(=[NH+]C3CCCCC3)c2c1.F[B-](F)(F)F. The Morgan fingerprint density at radius 3 is 2.21 bits per heavy atom. The van der Waals surface area contributed by atoms with Crippen LogP contribution in [0.3, 0.4) is 0 Å². The highest BCUT2D eigenvalue weighted by Gasteiger charge is 2.20. The normalized spacial score (nSPS) is 15.8. The third-order valence-electron chi connectivity index (χ3n) is 4.75. The number of hydrogen-bond donors (Lipinski definition) is 1. The van der Waals surface area contributed by atoms with Gasteiger partial charge in [0, 0.05) is 23.4 Å². The fourth-order valence-electron chi connectivity index (χ4n) is 3.49. The summed E-state index contributed by atoms with van der Waals surface area (Å²) in [7, 11) is -6.00. The molecule has 8 heteroatoms. The van der Waals surface area contributed by atoms with Crippen molar-refractivity contribution in [2.45, 2.75) is 38.1 Å². The molecule has 1 aliphatic carbocycles. The Hall–Kier alpha value is -2.28. The van der Waals surface area contributed by atoms with E-state index in [1.54, 1.807) is 0 Å². The highest BCUT2D eigenvalue weighted by Crippen LogP contribution is 2.23. The minimum atomic E-state index is -6.00. The van der Waals surface area contributed by atoms with E-state index in [4.69, 9.17) is 16.0 Å². The van der Waals surface area contributed by atoms with Gasteiger partial charge in [-0.2, -0.15) is 0 Å². The van der Waals surface area contributed by atoms with E-state index in [1.165, 1.54) is 32.1 Å². The molecule has 1 heterocycles. The maximum absolute atomic E-state index is 9.75. The fraction of sp³-hybridized carbons (Fsp3) is 0.286. The van der Waals surface area contributed by atoms with Gasteiger partial charge >= 0.3 is 7.25 Å². The highest BCUT2D eigenvalue weighted by molar-refractivity contribution is 6.50. The van der Waals surface area contributed by atoms with Crippen LogP contribution in [0.25, 0.3) is 22.3 Å². The Labute approximate surface area is 171 Å². The second-order valence-electron chi connectivity index (χ2n) is 7.00. The second kappa shape index (κ2) is 9.48. The standard InChI is InChI=1S/C21H20ClNO.BF4/c22-16-11-12-20-18(13-16)19(23-17-9-5-2-6-10-17)14-21(24-20)15-7-3-1-4-8-15;2-1(3,4)5/h1,3-4,7-8,11-14,17H,2,5-6,9-10H2;/q;-1/p+1. The molecule has 0 bridgehead atoms. The molecule has 1 saturated carbocycles. The number of fused-ring (bicyclic) bond motifs is 1. The molecule has 2 nitrogen and oxygen atoms in total. The lowest BCUT2D eigenvalue weighted by atomic mass is 9.96. The van der Waals surface area contributed by atoms with Crippen LogP contribution in [-0.4, -0.2) is 13.3 Å². The molecule has 0 atom stereocenters. The van der Waals surface area contributed by atoms with Gasteiger partial charge in [0.1, 0.15) is 11.3 Å². The van der Waals surface area contributed by atoms with Gasteiger partial charge in [-0.25, -0.2) is 4.99 Å². The molecule has 1 aromatic heterocycles. The van der Waals surface area contributed by atoms with E-state index >= 15 is 0 Å². The van der Waals surface area contributed by atoms with Crippen LogP contribution in [0.1, 0.15) is 32.1 Å². The van der Waals surface area contributed by atoms with Crippen molar-refractivity contribution in [1.82, 2.24) is 0 Å². The lowest BCUT2D eigenvalue weighted by Crippen LogP contribution is -2.83. The van der Waals surface area contributed by atoms with Gasteiger partial charge < -0.3 is 21.7 Å². The number of hydrogen-bond acceptors (Lipinski definition) is 1. The van der Waals surface area contributed by atoms with Crippen LogP contribution in [0.4, 0.5) is 17.3 Å². The first-order valence-corrected chi connectivity index (χ1v) is 9.93. The number of benzene rings is 2. The van der Waals surface area contributed by atoms with Crippen LogP contribution in [0, 0.1) is 0 Å². The van der Waals surface area contributed by atoms with Crippen LogP contribution in [0.5, 0.6) is 0 Å². The molecule has 0 radical (unpaired) electrons. The summed E-state index contributed by atoms with van der Waals surface area (Å²) in [6.45, 7) is 0. The average molecular weight is 426 g/mol. The zero-order chi connectivity index (χ0) is 20.9. The third-order valence-corrected chi connectivity index (χ3v) is 4.99. The summed E-state index contributed by atoms with van der Waals surface area (Å²) in [5, 5.41) is 2.90. The summed E-state index contributed by atoms with van der Waals surface area (Å²) in [6, 6.07) is 18.7. The molecule has 3 aromatic rings. The number of rotatable bonds is 2. The van der Waals surface area contributed by atoms with E-state index in [1.807, 2.05) is 36.4 Å². The van der Waals surface area contributed by atoms with Crippen molar-refractivity contribution in [3.8, 4) is 11.3 Å². The number of halogens is 5. The fourth-order valence-corrected chi connectivity index (χ4v) is 3.66. The lowest BCUT2D eigenvalue weighted by molar-refractivity contribution is -0.546. The predicted molar refractivity (Wildman–Crippen MR) is 108 cm³/mol. The summed E-state index contributed by atoms with van der Waals surface area (Å²) in [4.78, 5) is 3.74. The summed E-state index contributed by atoms with van der Waals surface area (Å²) >= 11 is 6.22. The maximum atomic E-state index is 9.75. The molecule has 4 rings (SSSR count). The van der Waals surface area contributed by atoms with Crippen molar-refractivity contribution < 1.29 is 26.7 Å². The van der Waals surface area contributed by atoms with Crippen LogP contribution >= 0.6 is 11.6 Å². The lowest BCUT2D eigenvalue weighted by Gasteiger charge is -2.13. The molecule has 1 N–H and O–H groups in total. The molecule has 2 aromatic carbocycles. The molecule has 1 aliphatic rings. The van der Waals surface area contributed by atoms with Gasteiger partial charge in [-0.05, 0) is 31.0 Å². The zero-order valence-electron chi connectivity index (χ0n) is 15.7. The third kappa shape index (κ3) is 6.63. The molecule has 0 saturated heterocycles. The first-order chi connectivity index (χ1) is 13.8. The van der Waals surface area contributed by atoms with Gasteiger partial charge in [-0.15, -0.1) is 0 Å². The molecule has 29 heavy (non-hydrogen) atoms. The Morgan fingerprint density at radius 2 is 1.55 bits per heavy atom. The average Bonchev–Trinajstić information content (AvgIpc) is 2.68. The second-order valence-corrected chi connectivity index (χ2v) is 7.44. The molecule has 0 unspecified atom stereocenters. The Balaban J connectivity index is 0.000000431. The van der Waals surface area contributed by atoms with Gasteiger partial charge in [0.2, 0.25) is 5.36 Å². The molecule has 0 aliphatic heterocycles. The Kier molecular flexibility index (Phi) is 7.01. The van der Waals surface area contributed by atoms with Crippen molar-refractivity contribution in [2.24, 2.45) is 0 Å². The van der Waals surface area contributed by atoms with E-state index in [0.29, 0.717) is 6.04 Å². The summed E-state index contributed by atoms with van der Waals surface area (Å²) in [6.07, 6.45) is 6.42. The van der Waals surface area contributed by atoms with Gasteiger partial charge in [0.15, 0.2) is 6.04 Å². The molecule has 0 amide bonds. The monoisotopic (exact) mass is 425 g/mol. The predicted octanol–water partition coefficient (Wildman–Crippen LogP) is 5.37. The zero-order valence-corrected chi connectivity index (χ0v) is 16.4. The molecule has 154 valence electrons. The van der Waals surface area contributed by atoms with Crippen LogP contribution in [0.2, 0.25) is 5.02 Å². The largest absolute Gasteiger partial charge is 0.673 e. The Morgan fingerprint density at radius 1 is 0.897 bits per heavy atom. The van der Waals surface area contributed by atoms with E-state index in [-0.39, 0.29) is 0 Å². The van der Waals surface area contributed by atoms with Gasteiger partial charge in [0.25, 0.3) is 0 Å². The maximum Gasteiger partial charge on any atom is 0.673 e. The molecule has 1 fully saturated rings. The van der Waals surface area contributed by atoms with Gasteiger partial charge in [-0.3, -0.25) is 0 Å². The van der Waals surface area contributed by atoms with Crippen molar-refractivity contribution in [3.05, 3.63) is 65.0 Å². The minimum absolute atomic E-state index is 0.534. The highest BCUT2D eigenvalue weighted by atomic mass is 35.5. The van der Waals surface area contributed by atoms with Gasteiger partial charge in [-0.1, -0.05) is 48.4 Å². The smallest absolute Gasteiger partial charge is 0.456 e. The first kappa shape index (κ1) is 21.4. The van der Waals surface area contributed by atoms with E-state index in [2.05, 4.69) is 23.2 Å². The van der Waals surface area contributed by atoms with Crippen molar-refractivity contribution in [1.29, 1.82) is 0 Å². The van der Waals surface area contributed by atoms with E-state index in [9.17, 15) is 17.3 Å². The summed E-state index contributed by atoms with van der Waals surface area (Å²) in [5.41, 5.74) is 1.94. The molecular formula is C21H21BClF4NO. The summed E-state index contributed by atoms with van der Waals surface area (Å²) in [5.74, 6) is 0.878. The minimum Gasteiger partial charge on any atom is -0.456 e. The van der Waals surface area contributed by atoms with Crippen LogP contribution in [0.15, 0.2) is 59.0 Å². The topological polar surface area (TPSA) is 27.1 Å². The summed E-state index contributed by atoms with van der Waals surface area (Å²) < 4.78 is 45.1. The first-order valence-electron chi connectivity index (χ1n) is 9.55. The van der Waals surface area contributed by atoms with E-state index in [0.717, 1.165) is 32.7 Å². The van der Waals surface area contributed by atoms with Crippen molar-refractivity contribution >= 4 is 29.8 Å².